The monoisotopic (exact) mass is 386 g/mol. The van der Waals surface area contributed by atoms with Gasteiger partial charge in [0.1, 0.15) is 17.6 Å². The van der Waals surface area contributed by atoms with E-state index in [4.69, 9.17) is 9.47 Å². The molecule has 1 aromatic heterocycles. The van der Waals surface area contributed by atoms with Gasteiger partial charge in [-0.3, -0.25) is 0 Å². The van der Waals surface area contributed by atoms with Gasteiger partial charge in [-0.25, -0.2) is 4.98 Å². The molecule has 0 saturated carbocycles. The molecule has 29 heavy (non-hydrogen) atoms. The maximum Gasteiger partial charge on any atom is 0.149 e. The zero-order chi connectivity index (χ0) is 20.1. The first-order valence-corrected chi connectivity index (χ1v) is 9.52. The van der Waals surface area contributed by atoms with E-state index in [9.17, 15) is 5.26 Å². The van der Waals surface area contributed by atoms with Crippen molar-refractivity contribution in [2.24, 2.45) is 0 Å². The van der Waals surface area contributed by atoms with Gasteiger partial charge in [0.25, 0.3) is 0 Å². The highest BCUT2D eigenvalue weighted by Gasteiger charge is 2.12. The number of benzene rings is 2. The summed E-state index contributed by atoms with van der Waals surface area (Å²) in [4.78, 5) is 6.98. The van der Waals surface area contributed by atoms with Crippen LogP contribution in [0, 0.1) is 11.3 Å². The van der Waals surface area contributed by atoms with Crippen LogP contribution in [0.5, 0.6) is 5.75 Å². The molecular weight excluding hydrogens is 364 g/mol. The smallest absolute Gasteiger partial charge is 0.149 e. The number of ether oxygens (including phenoxy) is 2. The van der Waals surface area contributed by atoms with Crippen molar-refractivity contribution < 1.29 is 9.47 Å². The number of rotatable bonds is 5. The van der Waals surface area contributed by atoms with Gasteiger partial charge in [-0.1, -0.05) is 0 Å². The molecular formula is C23H22N4O2. The molecule has 0 aliphatic carbocycles. The normalized spacial score (nSPS) is 13.6. The van der Waals surface area contributed by atoms with Gasteiger partial charge in [-0.05, 0) is 60.7 Å². The lowest BCUT2D eigenvalue weighted by Gasteiger charge is -2.28. The Morgan fingerprint density at radius 2 is 1.72 bits per heavy atom. The molecule has 0 amide bonds. The summed E-state index contributed by atoms with van der Waals surface area (Å²) in [5.74, 6) is 1.33. The number of hydrogen-bond acceptors (Lipinski definition) is 6. The topological polar surface area (TPSA) is 70.4 Å². The molecule has 0 radical (unpaired) electrons. The van der Waals surface area contributed by atoms with E-state index in [1.54, 1.807) is 13.2 Å². The van der Waals surface area contributed by atoms with Crippen molar-refractivity contribution in [2.75, 3.05) is 43.6 Å². The molecule has 3 aromatic rings. The van der Waals surface area contributed by atoms with Crippen LogP contribution >= 0.6 is 0 Å². The predicted octanol–water partition coefficient (Wildman–Crippen LogP) is 4.21. The molecule has 0 atom stereocenters. The summed E-state index contributed by atoms with van der Waals surface area (Å²) in [6, 6.07) is 21.7. The molecule has 6 heteroatoms. The number of nitrogens with one attached hydrogen (secondary N) is 1. The van der Waals surface area contributed by atoms with Crippen LogP contribution in [0.2, 0.25) is 0 Å². The first kappa shape index (κ1) is 18.8. The summed E-state index contributed by atoms with van der Waals surface area (Å²) in [7, 11) is 1.64. The molecule has 1 aliphatic heterocycles. The third kappa shape index (κ3) is 4.31. The molecule has 6 nitrogen and oxygen atoms in total. The van der Waals surface area contributed by atoms with Crippen LogP contribution in [0.25, 0.3) is 11.3 Å². The highest BCUT2D eigenvalue weighted by Crippen LogP contribution is 2.27. The molecule has 1 aliphatic rings. The van der Waals surface area contributed by atoms with E-state index in [1.807, 2.05) is 42.5 Å². The average molecular weight is 386 g/mol. The van der Waals surface area contributed by atoms with Crippen molar-refractivity contribution in [3.05, 3.63) is 66.2 Å². The summed E-state index contributed by atoms with van der Waals surface area (Å²) < 4.78 is 10.6. The molecule has 0 unspecified atom stereocenters. The minimum Gasteiger partial charge on any atom is -0.497 e. The minimum absolute atomic E-state index is 0.500. The zero-order valence-electron chi connectivity index (χ0n) is 16.3. The molecule has 146 valence electrons. The van der Waals surface area contributed by atoms with Gasteiger partial charge in [0.15, 0.2) is 0 Å². The Morgan fingerprint density at radius 3 is 2.38 bits per heavy atom. The van der Waals surface area contributed by atoms with Crippen LogP contribution < -0.4 is 15.0 Å². The molecule has 4 rings (SSSR count). The van der Waals surface area contributed by atoms with Crippen molar-refractivity contribution in [2.45, 2.75) is 0 Å². The van der Waals surface area contributed by atoms with E-state index >= 15 is 0 Å². The molecule has 1 saturated heterocycles. The van der Waals surface area contributed by atoms with Crippen molar-refractivity contribution in [1.29, 1.82) is 5.26 Å². The van der Waals surface area contributed by atoms with Crippen LogP contribution in [0.4, 0.5) is 17.2 Å². The number of nitriles is 1. The lowest BCUT2D eigenvalue weighted by molar-refractivity contribution is 0.122. The molecule has 0 spiro atoms. The van der Waals surface area contributed by atoms with E-state index in [1.165, 1.54) is 5.69 Å². The fraction of sp³-hybridized carbons (Fsp3) is 0.217. The maximum atomic E-state index is 9.48. The van der Waals surface area contributed by atoms with Gasteiger partial charge in [-0.2, -0.15) is 5.26 Å². The van der Waals surface area contributed by atoms with Crippen molar-refractivity contribution in [1.82, 2.24) is 4.98 Å². The van der Waals surface area contributed by atoms with Gasteiger partial charge in [0.05, 0.1) is 31.6 Å². The standard InChI is InChI=1S/C23H22N4O2/c1-28-21-9-2-17(3-10-21)22-11-4-18(16-24)23(26-22)25-19-5-7-20(8-6-19)27-12-14-29-15-13-27/h2-11H,12-15H2,1H3,(H,25,26). The molecule has 2 heterocycles. The van der Waals surface area contributed by atoms with Crippen molar-refractivity contribution >= 4 is 17.2 Å². The van der Waals surface area contributed by atoms with Gasteiger partial charge >= 0.3 is 0 Å². The van der Waals surface area contributed by atoms with Crippen LogP contribution in [0.3, 0.4) is 0 Å². The third-order valence-electron chi connectivity index (χ3n) is 4.91. The minimum atomic E-state index is 0.500. The molecule has 0 bridgehead atoms. The van der Waals surface area contributed by atoms with Crippen LogP contribution in [-0.2, 0) is 4.74 Å². The van der Waals surface area contributed by atoms with E-state index in [0.717, 1.165) is 49.0 Å². The molecule has 1 fully saturated rings. The number of nitrogens with zero attached hydrogens (tertiary/aromatic N) is 3. The Kier molecular flexibility index (Phi) is 5.59. The Bertz CT molecular complexity index is 1000. The van der Waals surface area contributed by atoms with Gasteiger partial charge in [0.2, 0.25) is 0 Å². The number of anilines is 3. The first-order chi connectivity index (χ1) is 14.3. The van der Waals surface area contributed by atoms with Crippen molar-refractivity contribution in [3.8, 4) is 23.1 Å². The van der Waals surface area contributed by atoms with Gasteiger partial charge in [-0.15, -0.1) is 0 Å². The van der Waals surface area contributed by atoms with Crippen LogP contribution in [-0.4, -0.2) is 38.4 Å². The third-order valence-corrected chi connectivity index (χ3v) is 4.91. The fourth-order valence-corrected chi connectivity index (χ4v) is 3.28. The summed E-state index contributed by atoms with van der Waals surface area (Å²) >= 11 is 0. The second-order valence-electron chi connectivity index (χ2n) is 6.70. The summed E-state index contributed by atoms with van der Waals surface area (Å²) in [5, 5.41) is 12.8. The Labute approximate surface area is 170 Å². The Hall–Kier alpha value is -3.56. The van der Waals surface area contributed by atoms with E-state index < -0.39 is 0 Å². The fourth-order valence-electron chi connectivity index (χ4n) is 3.28. The van der Waals surface area contributed by atoms with E-state index in [2.05, 4.69) is 33.4 Å². The summed E-state index contributed by atoms with van der Waals surface area (Å²) in [6.07, 6.45) is 0. The van der Waals surface area contributed by atoms with Gasteiger partial charge < -0.3 is 19.7 Å². The second kappa shape index (κ2) is 8.63. The zero-order valence-corrected chi connectivity index (χ0v) is 16.3. The number of morpholine rings is 1. The quantitative estimate of drug-likeness (QED) is 0.708. The van der Waals surface area contributed by atoms with E-state index in [0.29, 0.717) is 11.4 Å². The number of methoxy groups -OCH3 is 1. The average Bonchev–Trinajstić information content (AvgIpc) is 2.80. The van der Waals surface area contributed by atoms with Gasteiger partial charge in [0, 0.05) is 30.0 Å². The largest absolute Gasteiger partial charge is 0.497 e. The number of pyridine rings is 1. The summed E-state index contributed by atoms with van der Waals surface area (Å²) in [5.41, 5.74) is 4.30. The highest BCUT2D eigenvalue weighted by atomic mass is 16.5. The second-order valence-corrected chi connectivity index (χ2v) is 6.70. The maximum absolute atomic E-state index is 9.48. The van der Waals surface area contributed by atoms with Crippen LogP contribution in [0.15, 0.2) is 60.7 Å². The lowest BCUT2D eigenvalue weighted by Crippen LogP contribution is -2.36. The van der Waals surface area contributed by atoms with E-state index in [-0.39, 0.29) is 0 Å². The Morgan fingerprint density at radius 1 is 1.00 bits per heavy atom. The SMILES string of the molecule is COc1ccc(-c2ccc(C#N)c(Nc3ccc(N4CCOCC4)cc3)n2)cc1. The molecule has 2 aromatic carbocycles. The van der Waals surface area contributed by atoms with Crippen LogP contribution in [0.1, 0.15) is 5.56 Å². The highest BCUT2D eigenvalue weighted by molar-refractivity contribution is 5.69. The first-order valence-electron chi connectivity index (χ1n) is 9.52. The lowest BCUT2D eigenvalue weighted by atomic mass is 10.1. The summed E-state index contributed by atoms with van der Waals surface area (Å²) in [6.45, 7) is 3.31. The number of hydrogen-bond donors (Lipinski definition) is 1. The van der Waals surface area contributed by atoms with Crippen molar-refractivity contribution in [3.63, 3.8) is 0 Å². The predicted molar refractivity (Wildman–Crippen MR) is 114 cm³/mol. The number of aromatic nitrogens is 1. The Balaban J connectivity index is 1.56. The molecule has 1 N–H and O–H groups in total.